The molecule has 9 unspecified atom stereocenters. The minimum atomic E-state index is -4.12. The van der Waals surface area contributed by atoms with Crippen LogP contribution in [0.1, 0.15) is 32.1 Å². The number of hydrogen-bond acceptors (Lipinski definition) is 4. The van der Waals surface area contributed by atoms with E-state index in [0.717, 1.165) is 49.3 Å². The molecule has 0 amide bonds. The van der Waals surface area contributed by atoms with Gasteiger partial charge in [0.05, 0.1) is 0 Å². The Morgan fingerprint density at radius 2 is 1.27 bits per heavy atom. The average molecular weight is 653 g/mol. The maximum absolute atomic E-state index is 4.33. The normalized spacial score (nSPS) is 85.4. The monoisotopic (exact) mass is 652 g/mol. The van der Waals surface area contributed by atoms with Crippen LogP contribution in [0.5, 0.6) is 0 Å². The van der Waals surface area contributed by atoms with Gasteiger partial charge in [-0.25, -0.2) is 0 Å². The van der Waals surface area contributed by atoms with E-state index in [0.29, 0.717) is 22.7 Å². The SMILES string of the molecule is C[Si](C)(C)[C]12[CH]3[C]4(C(P)(C5CNCCN5)C5CNCCN5)[C]5(C6(CP)C7CC8CC(C7)CC6C8)[CH]1[Fe]34521678[CH]2[CH]1[CH]6[CH]7[CH]28. The zero-order valence-electron chi connectivity index (χ0n) is 25.5. The van der Waals surface area contributed by atoms with Gasteiger partial charge in [-0.05, 0) is 0 Å². The van der Waals surface area contributed by atoms with Crippen LogP contribution in [0.2, 0.25) is 65.9 Å². The number of hydrogen-bond donors (Lipinski definition) is 4. The fourth-order valence-electron chi connectivity index (χ4n) is 29.4. The zero-order valence-corrected chi connectivity index (χ0v) is 29.9. The van der Waals surface area contributed by atoms with Gasteiger partial charge in [0.1, 0.15) is 0 Å². The zero-order chi connectivity index (χ0) is 27.1. The molecule has 1 spiro atoms. The molecule has 12 saturated heterocycles. The molecule has 8 heteroatoms. The Morgan fingerprint density at radius 3 is 1.66 bits per heavy atom. The Bertz CT molecular complexity index is 1760. The molecule has 12 heterocycles. The van der Waals surface area contributed by atoms with Crippen LogP contribution in [0.15, 0.2) is 0 Å². The van der Waals surface area contributed by atoms with Crippen molar-refractivity contribution in [1.29, 1.82) is 0 Å². The van der Waals surface area contributed by atoms with Gasteiger partial charge < -0.3 is 0 Å². The van der Waals surface area contributed by atoms with Crippen LogP contribution in [-0.4, -0.2) is 70.7 Å². The van der Waals surface area contributed by atoms with Crippen LogP contribution in [-0.2, 0) is 6.51 Å². The summed E-state index contributed by atoms with van der Waals surface area (Å²) in [7, 11) is 6.25. The molecule has 41 heavy (non-hydrogen) atoms. The molecule has 4 N–H and O–H groups in total. The standard InChI is InChI=1S/C28H49N4P2Si.C5H5.Fe/c1-35(2,3)22-13-23(27(17-33)20-9-18-8-19(11-20)12-21(27)10-18)24(14-22)28(34,25-15-29-4-6-31-25)26-16-30-5-7-32-26;1-2-4-5-3-1;/h13-14,18-21,25-26,29-32H,4-12,15-17,33-34H2,1-3H3;1-5H;. The predicted octanol–water partition coefficient (Wildman–Crippen LogP) is 5.42. The van der Waals surface area contributed by atoms with Gasteiger partial charge in [-0.3, -0.25) is 0 Å². The second kappa shape index (κ2) is 3.59. The molecule has 12 aliphatic heterocycles. The van der Waals surface area contributed by atoms with E-state index in [1.165, 1.54) is 66.1 Å². The van der Waals surface area contributed by atoms with E-state index in [2.05, 4.69) is 59.4 Å². The summed E-state index contributed by atoms with van der Waals surface area (Å²) in [5.41, 5.74) is 0.716. The molecule has 4 nitrogen and oxygen atoms in total. The van der Waals surface area contributed by atoms with E-state index in [1.54, 1.807) is 32.1 Å². The fourth-order valence-corrected chi connectivity index (χ4v) is 141. The molecule has 16 fully saturated rings. The summed E-state index contributed by atoms with van der Waals surface area (Å²) in [6.07, 6.45) is 9.70. The van der Waals surface area contributed by atoms with Gasteiger partial charge in [-0.2, -0.15) is 0 Å². The van der Waals surface area contributed by atoms with Gasteiger partial charge in [-0.1, -0.05) is 0 Å². The van der Waals surface area contributed by atoms with E-state index in [9.17, 15) is 0 Å². The van der Waals surface area contributed by atoms with Gasteiger partial charge in [0.2, 0.25) is 0 Å². The summed E-state index contributed by atoms with van der Waals surface area (Å²) in [6.45, 7) is 11.8. The molecule has 0 aromatic heterocycles. The third-order valence-corrected chi connectivity index (χ3v) is 80.6. The van der Waals surface area contributed by atoms with Crippen LogP contribution >= 0.6 is 18.5 Å². The van der Waals surface area contributed by atoms with Crippen molar-refractivity contribution in [1.82, 2.24) is 21.3 Å². The quantitative estimate of drug-likeness (QED) is 0.229. The third kappa shape index (κ3) is 0.587. The molecule has 0 radical (unpaired) electrons. The van der Waals surface area contributed by atoms with Crippen LogP contribution in [0.3, 0.4) is 0 Å². The number of nitrogens with one attached hydrogen (secondary N) is 4. The van der Waals surface area contributed by atoms with E-state index >= 15 is 0 Å². The Hall–Kier alpha value is 1.44. The Labute approximate surface area is 243 Å². The number of fused-ring (bicyclic) bond motifs is 11. The summed E-state index contributed by atoms with van der Waals surface area (Å²) in [5, 5.41) is 17.0. The third-order valence-electron chi connectivity index (χ3n) is 25.6. The van der Waals surface area contributed by atoms with E-state index in [4.69, 9.17) is 0 Å². The van der Waals surface area contributed by atoms with Crippen molar-refractivity contribution >= 4 is 26.6 Å². The van der Waals surface area contributed by atoms with Crippen molar-refractivity contribution in [2.45, 2.75) is 115 Å². The fraction of sp³-hybridized carbons (Fsp3) is 1.00. The van der Waals surface area contributed by atoms with Crippen LogP contribution in [0, 0.1) is 29.1 Å². The second-order valence-corrected chi connectivity index (χ2v) is 52.0. The number of piperazine rings is 2. The van der Waals surface area contributed by atoms with Crippen molar-refractivity contribution in [3.8, 4) is 0 Å². The summed E-state index contributed by atoms with van der Waals surface area (Å²) in [5.74, 6) is 4.39. The number of rotatable bonds is 6. The molecule has 0 aromatic carbocycles. The van der Waals surface area contributed by atoms with Gasteiger partial charge >= 0.3 is 244 Å². The molecule has 4 aliphatic carbocycles. The molecular formula is C33H54FeN4P2Si. The first-order valence-corrected chi connectivity index (χ1v) is 29.1. The summed E-state index contributed by atoms with van der Waals surface area (Å²) in [6, 6.07) is 1.26. The second-order valence-electron chi connectivity index (χ2n) is 22.0. The summed E-state index contributed by atoms with van der Waals surface area (Å²) < 4.78 is 2.65. The molecule has 4 saturated carbocycles. The van der Waals surface area contributed by atoms with Crippen molar-refractivity contribution in [3.05, 3.63) is 0 Å². The molecule has 0 aromatic rings. The van der Waals surface area contributed by atoms with E-state index in [1.807, 2.05) is 0 Å². The Morgan fingerprint density at radius 1 is 0.756 bits per heavy atom. The van der Waals surface area contributed by atoms with Crippen molar-refractivity contribution in [2.75, 3.05) is 45.4 Å². The first kappa shape index (κ1) is 22.9. The predicted molar refractivity (Wildman–Crippen MR) is 173 cm³/mol. The summed E-state index contributed by atoms with van der Waals surface area (Å²) in [4.78, 5) is 9.45. The summed E-state index contributed by atoms with van der Waals surface area (Å²) >= 11 is 0. The van der Waals surface area contributed by atoms with Gasteiger partial charge in [0, 0.05) is 0 Å². The molecule has 16 rings (SSSR count). The molecule has 4 bridgehead atoms. The molecule has 16 aliphatic rings. The Kier molecular flexibility index (Phi) is 2.00. The van der Waals surface area contributed by atoms with Gasteiger partial charge in [-0.15, -0.1) is 0 Å². The van der Waals surface area contributed by atoms with Crippen LogP contribution in [0.4, 0.5) is 0 Å². The van der Waals surface area contributed by atoms with E-state index in [-0.39, 0.29) is 0 Å². The average Bonchev–Trinajstić information content (AvgIpc) is 3.91. The van der Waals surface area contributed by atoms with Gasteiger partial charge in [0.25, 0.3) is 0 Å². The van der Waals surface area contributed by atoms with Crippen LogP contribution in [0.25, 0.3) is 0 Å². The first-order valence-electron chi connectivity index (χ1n) is 18.1. The Balaban J connectivity index is 1.11. The van der Waals surface area contributed by atoms with Crippen molar-refractivity contribution in [3.63, 3.8) is 0 Å². The molecule has 9 atom stereocenters. The molecular weight excluding hydrogens is 598 g/mol. The molecule has 228 valence electrons. The van der Waals surface area contributed by atoms with Gasteiger partial charge in [0.15, 0.2) is 0 Å². The minimum absolute atomic E-state index is 0.340. The van der Waals surface area contributed by atoms with Crippen molar-refractivity contribution in [2.24, 2.45) is 29.1 Å². The topological polar surface area (TPSA) is 48.1 Å². The maximum atomic E-state index is 4.33. The van der Waals surface area contributed by atoms with E-state index < -0.39 is 14.6 Å². The van der Waals surface area contributed by atoms with Crippen molar-refractivity contribution < 1.29 is 6.51 Å². The first-order chi connectivity index (χ1) is 19.5. The van der Waals surface area contributed by atoms with Crippen LogP contribution < -0.4 is 21.3 Å².